The van der Waals surface area contributed by atoms with Crippen LogP contribution in [-0.2, 0) is 7.05 Å². The fourth-order valence-electron chi connectivity index (χ4n) is 6.63. The van der Waals surface area contributed by atoms with E-state index in [-0.39, 0.29) is 0 Å². The van der Waals surface area contributed by atoms with Gasteiger partial charge in [-0.1, -0.05) is 54.6 Å². The maximum atomic E-state index is 2.51. The van der Waals surface area contributed by atoms with E-state index in [1.165, 1.54) is 65.8 Å². The van der Waals surface area contributed by atoms with E-state index in [2.05, 4.69) is 150 Å². The number of pyridine rings is 2. The SMILES string of the molecule is Cc1cc2c3c(N(c4ccccc4)c4ccccc4)cccc3n3c4cccc5cc[n+](C)c(c(c1C)c23)c54. The second-order valence-corrected chi connectivity index (χ2v) is 10.6. The van der Waals surface area contributed by atoms with Crippen molar-refractivity contribution in [2.24, 2.45) is 7.05 Å². The topological polar surface area (TPSA) is 11.5 Å². The van der Waals surface area contributed by atoms with E-state index in [1.807, 2.05) is 0 Å². The Hall–Kier alpha value is -4.89. The molecular formula is C36H28N3+. The molecule has 39 heavy (non-hydrogen) atoms. The smallest absolute Gasteiger partial charge is 0.224 e. The summed E-state index contributed by atoms with van der Waals surface area (Å²) in [7, 11) is 2.18. The molecule has 0 aliphatic rings. The Morgan fingerprint density at radius 3 is 1.97 bits per heavy atom. The lowest BCUT2D eigenvalue weighted by molar-refractivity contribution is -0.643. The fourth-order valence-corrected chi connectivity index (χ4v) is 6.63. The van der Waals surface area contributed by atoms with Crippen molar-refractivity contribution in [3.63, 3.8) is 0 Å². The summed E-state index contributed by atoms with van der Waals surface area (Å²) in [6.07, 6.45) is 2.20. The van der Waals surface area contributed by atoms with Crippen LogP contribution in [0.15, 0.2) is 115 Å². The van der Waals surface area contributed by atoms with Crippen LogP contribution in [0.4, 0.5) is 17.1 Å². The van der Waals surface area contributed by atoms with Crippen molar-refractivity contribution in [2.75, 3.05) is 4.90 Å². The predicted octanol–water partition coefficient (Wildman–Crippen LogP) is 8.90. The molecule has 186 valence electrons. The van der Waals surface area contributed by atoms with E-state index in [0.717, 1.165) is 11.4 Å². The molecule has 0 unspecified atom stereocenters. The van der Waals surface area contributed by atoms with Crippen LogP contribution in [0.2, 0.25) is 0 Å². The van der Waals surface area contributed by atoms with Crippen LogP contribution in [0.1, 0.15) is 11.1 Å². The highest BCUT2D eigenvalue weighted by molar-refractivity contribution is 6.28. The van der Waals surface area contributed by atoms with Crippen molar-refractivity contribution >= 4 is 66.1 Å². The van der Waals surface area contributed by atoms with Gasteiger partial charge in [0.2, 0.25) is 5.52 Å². The molecule has 0 spiro atoms. The van der Waals surface area contributed by atoms with Gasteiger partial charge in [0.05, 0.1) is 33.0 Å². The summed E-state index contributed by atoms with van der Waals surface area (Å²) in [4.78, 5) is 2.40. The van der Waals surface area contributed by atoms with Gasteiger partial charge in [-0.3, -0.25) is 0 Å². The van der Waals surface area contributed by atoms with Crippen LogP contribution in [-0.4, -0.2) is 4.40 Å². The number of para-hydroxylation sites is 2. The van der Waals surface area contributed by atoms with Gasteiger partial charge in [0.1, 0.15) is 7.05 Å². The molecule has 5 aromatic carbocycles. The third-order valence-electron chi connectivity index (χ3n) is 8.46. The second kappa shape index (κ2) is 8.05. The molecule has 0 fully saturated rings. The van der Waals surface area contributed by atoms with Gasteiger partial charge in [-0.2, -0.15) is 0 Å². The van der Waals surface area contributed by atoms with Crippen molar-refractivity contribution < 1.29 is 4.57 Å². The zero-order valence-electron chi connectivity index (χ0n) is 22.3. The lowest BCUT2D eigenvalue weighted by Crippen LogP contribution is -2.29. The summed E-state index contributed by atoms with van der Waals surface area (Å²) in [6, 6.07) is 39.5. The Labute approximate surface area is 227 Å². The number of fused-ring (bicyclic) bond motifs is 5. The molecule has 0 atom stereocenters. The van der Waals surface area contributed by atoms with Crippen molar-refractivity contribution in [1.82, 2.24) is 4.40 Å². The second-order valence-electron chi connectivity index (χ2n) is 10.6. The molecule has 0 saturated carbocycles. The molecule has 0 amide bonds. The lowest BCUT2D eigenvalue weighted by atomic mass is 9.96. The quantitative estimate of drug-likeness (QED) is 0.133. The van der Waals surface area contributed by atoms with Gasteiger partial charge in [-0.05, 0) is 78.9 Å². The third kappa shape index (κ3) is 2.96. The Morgan fingerprint density at radius 1 is 0.641 bits per heavy atom. The van der Waals surface area contributed by atoms with Gasteiger partial charge < -0.3 is 9.30 Å². The van der Waals surface area contributed by atoms with Crippen LogP contribution in [0.25, 0.3) is 49.0 Å². The van der Waals surface area contributed by atoms with Gasteiger partial charge in [0, 0.05) is 28.2 Å². The van der Waals surface area contributed by atoms with E-state index in [4.69, 9.17) is 0 Å². The fraction of sp³-hybridized carbons (Fsp3) is 0.0833. The lowest BCUT2D eigenvalue weighted by Gasteiger charge is -2.26. The first-order valence-corrected chi connectivity index (χ1v) is 13.5. The van der Waals surface area contributed by atoms with Gasteiger partial charge in [0.25, 0.3) is 0 Å². The minimum atomic E-state index is 1.15. The highest BCUT2D eigenvalue weighted by Crippen LogP contribution is 2.46. The van der Waals surface area contributed by atoms with Crippen molar-refractivity contribution in [2.45, 2.75) is 13.8 Å². The van der Waals surface area contributed by atoms with Crippen LogP contribution in [0.5, 0.6) is 0 Å². The third-order valence-corrected chi connectivity index (χ3v) is 8.46. The Bertz CT molecular complexity index is 2150. The van der Waals surface area contributed by atoms with E-state index >= 15 is 0 Å². The van der Waals surface area contributed by atoms with Crippen LogP contribution >= 0.6 is 0 Å². The normalized spacial score (nSPS) is 12.0. The zero-order valence-corrected chi connectivity index (χ0v) is 22.3. The number of nitrogens with zero attached hydrogens (tertiary/aromatic N) is 3. The van der Waals surface area contributed by atoms with Crippen LogP contribution in [0.3, 0.4) is 0 Å². The highest BCUT2D eigenvalue weighted by atomic mass is 15.1. The van der Waals surface area contributed by atoms with Gasteiger partial charge >= 0.3 is 0 Å². The number of hydrogen-bond acceptors (Lipinski definition) is 1. The Morgan fingerprint density at radius 2 is 1.28 bits per heavy atom. The summed E-state index contributed by atoms with van der Waals surface area (Å²) >= 11 is 0. The number of anilines is 3. The molecule has 8 aromatic rings. The summed E-state index contributed by atoms with van der Waals surface area (Å²) in [5.41, 5.74) is 11.2. The van der Waals surface area contributed by atoms with Gasteiger partial charge in [-0.25, -0.2) is 4.57 Å². The molecule has 8 rings (SSSR count). The molecule has 0 bridgehead atoms. The summed E-state index contributed by atoms with van der Waals surface area (Å²) in [6.45, 7) is 4.53. The molecular weight excluding hydrogens is 474 g/mol. The molecule has 3 heteroatoms. The molecule has 3 aromatic heterocycles. The summed E-state index contributed by atoms with van der Waals surface area (Å²) in [5, 5.41) is 6.49. The first kappa shape index (κ1) is 22.1. The van der Waals surface area contributed by atoms with E-state index < -0.39 is 0 Å². The number of aryl methyl sites for hydroxylation is 3. The maximum absolute atomic E-state index is 2.51. The Balaban J connectivity index is 1.64. The van der Waals surface area contributed by atoms with E-state index in [9.17, 15) is 0 Å². The maximum Gasteiger partial charge on any atom is 0.224 e. The van der Waals surface area contributed by atoms with E-state index in [1.54, 1.807) is 0 Å². The minimum absolute atomic E-state index is 1.15. The molecule has 0 aliphatic carbocycles. The van der Waals surface area contributed by atoms with Crippen LogP contribution < -0.4 is 9.47 Å². The molecule has 0 N–H and O–H groups in total. The zero-order chi connectivity index (χ0) is 26.2. The molecule has 0 saturated heterocycles. The molecule has 0 radical (unpaired) electrons. The van der Waals surface area contributed by atoms with Crippen molar-refractivity contribution in [3.8, 4) is 0 Å². The van der Waals surface area contributed by atoms with E-state index in [0.29, 0.717) is 0 Å². The molecule has 3 heterocycles. The number of rotatable bonds is 3. The monoisotopic (exact) mass is 502 g/mol. The van der Waals surface area contributed by atoms with Gasteiger partial charge in [-0.15, -0.1) is 0 Å². The molecule has 0 aliphatic heterocycles. The first-order valence-electron chi connectivity index (χ1n) is 13.5. The minimum Gasteiger partial charge on any atom is -0.310 e. The summed E-state index contributed by atoms with van der Waals surface area (Å²) in [5.74, 6) is 0. The largest absolute Gasteiger partial charge is 0.310 e. The highest BCUT2D eigenvalue weighted by Gasteiger charge is 2.26. The molecule has 3 nitrogen and oxygen atoms in total. The Kier molecular flexibility index (Phi) is 4.57. The number of aromatic nitrogens is 2. The average Bonchev–Trinajstić information content (AvgIpc) is 3.30. The van der Waals surface area contributed by atoms with Crippen molar-refractivity contribution in [1.29, 1.82) is 0 Å². The first-order chi connectivity index (χ1) is 19.1. The number of hydrogen-bond donors (Lipinski definition) is 0. The predicted molar refractivity (Wildman–Crippen MR) is 164 cm³/mol. The van der Waals surface area contributed by atoms with Crippen LogP contribution in [0, 0.1) is 13.8 Å². The van der Waals surface area contributed by atoms with Gasteiger partial charge in [0.15, 0.2) is 6.20 Å². The summed E-state index contributed by atoms with van der Waals surface area (Å²) < 4.78 is 4.81. The van der Waals surface area contributed by atoms with Crippen molar-refractivity contribution in [3.05, 3.63) is 127 Å². The average molecular weight is 503 g/mol. The standard InChI is InChI=1S/C36H28N3/c1-23-22-28-34-30(38(26-13-6-4-7-14-26)27-15-8-5-9-16-27)18-11-19-31(34)39-29-17-10-12-25-20-21-37(3)36(33(25)29)32(24(23)2)35(28)39/h4-22H,1-3H3/q+1. The number of benzene rings is 5.